The van der Waals surface area contributed by atoms with Gasteiger partial charge in [-0.1, -0.05) is 25.4 Å². The van der Waals surface area contributed by atoms with Crippen molar-refractivity contribution in [3.05, 3.63) is 33.1 Å². The number of carbonyl (C=O) groups excluding carboxylic acids is 1. The fourth-order valence-corrected chi connectivity index (χ4v) is 1.88. The molecule has 0 aliphatic heterocycles. The molecule has 1 aromatic rings. The number of nitrogens with zero attached hydrogens (tertiary/aromatic N) is 3. The highest BCUT2D eigenvalue weighted by atomic mass is 35.5. The first-order valence-corrected chi connectivity index (χ1v) is 6.31. The largest absolute Gasteiger partial charge is 0.341 e. The van der Waals surface area contributed by atoms with Gasteiger partial charge in [0, 0.05) is 13.6 Å². The molecule has 0 aliphatic rings. The monoisotopic (exact) mass is 300 g/mol. The van der Waals surface area contributed by atoms with E-state index in [9.17, 15) is 14.9 Å². The van der Waals surface area contributed by atoms with Crippen molar-refractivity contribution in [2.24, 2.45) is 11.1 Å². The van der Waals surface area contributed by atoms with Crippen LogP contribution in [0.25, 0.3) is 0 Å². The minimum absolute atomic E-state index is 0.0328. The zero-order valence-corrected chi connectivity index (χ0v) is 12.3. The third-order valence-electron chi connectivity index (χ3n) is 2.84. The SMILES string of the molecule is CN(CC(C)(C)CN)C(=O)c1cc(Cl)ncc1[N+](=O)[O-]. The van der Waals surface area contributed by atoms with Gasteiger partial charge in [-0.3, -0.25) is 14.9 Å². The van der Waals surface area contributed by atoms with Gasteiger partial charge in [0.25, 0.3) is 11.6 Å². The van der Waals surface area contributed by atoms with Crippen LogP contribution in [-0.2, 0) is 0 Å². The van der Waals surface area contributed by atoms with Gasteiger partial charge in [-0.05, 0) is 18.0 Å². The quantitative estimate of drug-likeness (QED) is 0.506. The van der Waals surface area contributed by atoms with Gasteiger partial charge in [0.15, 0.2) is 0 Å². The first-order valence-electron chi connectivity index (χ1n) is 5.93. The number of halogens is 1. The number of carbonyl (C=O) groups is 1. The molecule has 20 heavy (non-hydrogen) atoms. The molecule has 7 nitrogen and oxygen atoms in total. The Morgan fingerprint density at radius 3 is 2.70 bits per heavy atom. The Morgan fingerprint density at radius 2 is 2.20 bits per heavy atom. The average Bonchev–Trinajstić information content (AvgIpc) is 2.36. The summed E-state index contributed by atoms with van der Waals surface area (Å²) in [5.74, 6) is -0.484. The molecule has 1 aromatic heterocycles. The zero-order chi connectivity index (χ0) is 15.5. The van der Waals surface area contributed by atoms with Gasteiger partial charge < -0.3 is 10.6 Å². The minimum Gasteiger partial charge on any atom is -0.341 e. The summed E-state index contributed by atoms with van der Waals surface area (Å²) in [6.45, 7) is 4.58. The Balaban J connectivity index is 3.08. The van der Waals surface area contributed by atoms with E-state index in [-0.39, 0.29) is 21.8 Å². The maximum Gasteiger partial charge on any atom is 0.300 e. The Kier molecular flexibility index (Phi) is 5.02. The van der Waals surface area contributed by atoms with Gasteiger partial charge in [-0.2, -0.15) is 0 Å². The first kappa shape index (κ1) is 16.3. The highest BCUT2D eigenvalue weighted by Crippen LogP contribution is 2.23. The number of pyridine rings is 1. The topological polar surface area (TPSA) is 102 Å². The third kappa shape index (κ3) is 3.88. The Hall–Kier alpha value is -1.73. The molecule has 0 atom stereocenters. The number of amides is 1. The van der Waals surface area contributed by atoms with Gasteiger partial charge in [-0.25, -0.2) is 4.98 Å². The number of hydrogen-bond acceptors (Lipinski definition) is 5. The second-order valence-electron chi connectivity index (χ2n) is 5.31. The number of nitrogens with two attached hydrogens (primary N) is 1. The van der Waals surface area contributed by atoms with Gasteiger partial charge in [-0.15, -0.1) is 0 Å². The maximum absolute atomic E-state index is 12.3. The summed E-state index contributed by atoms with van der Waals surface area (Å²) in [6.07, 6.45) is 0.984. The van der Waals surface area contributed by atoms with E-state index in [0.29, 0.717) is 13.1 Å². The van der Waals surface area contributed by atoms with Gasteiger partial charge in [0.2, 0.25) is 0 Å². The molecular weight excluding hydrogens is 284 g/mol. The van der Waals surface area contributed by atoms with E-state index >= 15 is 0 Å². The van der Waals surface area contributed by atoms with Crippen LogP contribution in [0.4, 0.5) is 5.69 Å². The molecule has 0 saturated carbocycles. The van der Waals surface area contributed by atoms with Crippen molar-refractivity contribution >= 4 is 23.2 Å². The molecular formula is C12H17ClN4O3. The molecule has 1 heterocycles. The summed E-state index contributed by atoms with van der Waals surface area (Å²) in [5.41, 5.74) is 4.89. The van der Waals surface area contributed by atoms with Gasteiger partial charge in [0.05, 0.1) is 4.92 Å². The molecule has 0 aliphatic carbocycles. The standard InChI is InChI=1S/C12H17ClN4O3/c1-12(2,6-14)7-16(3)11(18)8-4-10(13)15-5-9(8)17(19)20/h4-5H,6-7,14H2,1-3H3. The number of hydrogen-bond donors (Lipinski definition) is 1. The summed E-state index contributed by atoms with van der Waals surface area (Å²) in [5, 5.41) is 11.0. The van der Waals surface area contributed by atoms with Crippen molar-refractivity contribution in [3.8, 4) is 0 Å². The van der Waals surface area contributed by atoms with Gasteiger partial charge in [0.1, 0.15) is 16.9 Å². The molecule has 1 amide bonds. The molecule has 0 aromatic carbocycles. The van der Waals surface area contributed by atoms with E-state index < -0.39 is 10.8 Å². The van der Waals surface area contributed by atoms with Crippen molar-refractivity contribution in [2.75, 3.05) is 20.1 Å². The summed E-state index contributed by atoms with van der Waals surface area (Å²) >= 11 is 5.71. The lowest BCUT2D eigenvalue weighted by Crippen LogP contribution is -2.40. The van der Waals surface area contributed by atoms with Crippen molar-refractivity contribution in [1.82, 2.24) is 9.88 Å². The summed E-state index contributed by atoms with van der Waals surface area (Å²) in [6, 6.07) is 1.20. The summed E-state index contributed by atoms with van der Waals surface area (Å²) in [7, 11) is 1.57. The predicted octanol–water partition coefficient (Wildman–Crippen LogP) is 1.70. The maximum atomic E-state index is 12.3. The lowest BCUT2D eigenvalue weighted by molar-refractivity contribution is -0.385. The highest BCUT2D eigenvalue weighted by molar-refractivity contribution is 6.29. The van der Waals surface area contributed by atoms with Crippen LogP contribution in [0, 0.1) is 15.5 Å². The zero-order valence-electron chi connectivity index (χ0n) is 11.6. The van der Waals surface area contributed by atoms with Crippen LogP contribution in [0.2, 0.25) is 5.15 Å². The second-order valence-corrected chi connectivity index (χ2v) is 5.70. The fourth-order valence-electron chi connectivity index (χ4n) is 1.72. The van der Waals surface area contributed by atoms with E-state index in [1.54, 1.807) is 7.05 Å². The van der Waals surface area contributed by atoms with E-state index in [2.05, 4.69) is 4.98 Å². The summed E-state index contributed by atoms with van der Waals surface area (Å²) in [4.78, 5) is 27.6. The van der Waals surface area contributed by atoms with Crippen molar-refractivity contribution in [2.45, 2.75) is 13.8 Å². The second kappa shape index (κ2) is 6.15. The van der Waals surface area contributed by atoms with Crippen molar-refractivity contribution < 1.29 is 9.72 Å². The van der Waals surface area contributed by atoms with Crippen LogP contribution in [0.3, 0.4) is 0 Å². The number of aromatic nitrogens is 1. The molecule has 0 saturated heterocycles. The molecule has 1 rings (SSSR count). The Bertz CT molecular complexity index is 533. The highest BCUT2D eigenvalue weighted by Gasteiger charge is 2.27. The average molecular weight is 301 g/mol. The smallest absolute Gasteiger partial charge is 0.300 e. The van der Waals surface area contributed by atoms with E-state index in [4.69, 9.17) is 17.3 Å². The van der Waals surface area contributed by atoms with E-state index in [1.165, 1.54) is 11.0 Å². The van der Waals surface area contributed by atoms with Crippen molar-refractivity contribution in [1.29, 1.82) is 0 Å². The molecule has 110 valence electrons. The predicted molar refractivity (Wildman–Crippen MR) is 75.7 cm³/mol. The lowest BCUT2D eigenvalue weighted by atomic mass is 9.93. The van der Waals surface area contributed by atoms with Crippen LogP contribution in [-0.4, -0.2) is 40.9 Å². The van der Waals surface area contributed by atoms with E-state index in [0.717, 1.165) is 6.20 Å². The van der Waals surface area contributed by atoms with Crippen LogP contribution in [0.5, 0.6) is 0 Å². The van der Waals surface area contributed by atoms with Crippen molar-refractivity contribution in [3.63, 3.8) is 0 Å². The lowest BCUT2D eigenvalue weighted by Gasteiger charge is -2.28. The van der Waals surface area contributed by atoms with E-state index in [1.807, 2.05) is 13.8 Å². The molecule has 0 radical (unpaired) electrons. The Labute approximate surface area is 121 Å². The molecule has 8 heteroatoms. The molecule has 2 N–H and O–H groups in total. The Morgan fingerprint density at radius 1 is 1.60 bits per heavy atom. The molecule has 0 bridgehead atoms. The van der Waals surface area contributed by atoms with Crippen LogP contribution >= 0.6 is 11.6 Å². The van der Waals surface area contributed by atoms with Crippen LogP contribution in [0.15, 0.2) is 12.3 Å². The fraction of sp³-hybridized carbons (Fsp3) is 0.500. The first-order chi connectivity index (χ1) is 9.18. The minimum atomic E-state index is -0.654. The number of rotatable bonds is 5. The summed E-state index contributed by atoms with van der Waals surface area (Å²) < 4.78 is 0. The number of nitro groups is 1. The normalized spacial score (nSPS) is 11.2. The van der Waals surface area contributed by atoms with Crippen LogP contribution in [0.1, 0.15) is 24.2 Å². The molecule has 0 spiro atoms. The molecule has 0 unspecified atom stereocenters. The molecule has 0 fully saturated rings. The third-order valence-corrected chi connectivity index (χ3v) is 3.05. The van der Waals surface area contributed by atoms with Gasteiger partial charge >= 0.3 is 0 Å². The van der Waals surface area contributed by atoms with Crippen LogP contribution < -0.4 is 5.73 Å².